The molecule has 1 aromatic heterocycles. The number of aromatic amines is 1. The number of para-hydroxylation sites is 2. The van der Waals surface area contributed by atoms with E-state index >= 15 is 0 Å². The van der Waals surface area contributed by atoms with Crippen LogP contribution in [0.3, 0.4) is 0 Å². The molecule has 0 amide bonds. The molecule has 1 fully saturated rings. The number of anilines is 1. The summed E-state index contributed by atoms with van der Waals surface area (Å²) in [6, 6.07) is 12.2. The van der Waals surface area contributed by atoms with E-state index in [1.54, 1.807) is 7.11 Å². The number of fused-ring (bicyclic) bond motifs is 1. The number of benzene rings is 2. The fourth-order valence-corrected chi connectivity index (χ4v) is 4.09. The Morgan fingerprint density at radius 2 is 2.04 bits per heavy atom. The van der Waals surface area contributed by atoms with Crippen LogP contribution in [0.25, 0.3) is 11.0 Å². The Bertz CT molecular complexity index is 974. The average molecular weight is 395 g/mol. The summed E-state index contributed by atoms with van der Waals surface area (Å²) in [7, 11) is 1.67. The van der Waals surface area contributed by atoms with Crippen molar-refractivity contribution < 1.29 is 4.74 Å². The minimum Gasteiger partial charge on any atom is -0.495 e. The normalized spacial score (nSPS) is 17.0. The van der Waals surface area contributed by atoms with E-state index in [1.165, 1.54) is 11.1 Å². The van der Waals surface area contributed by atoms with Crippen LogP contribution in [-0.4, -0.2) is 40.2 Å². The van der Waals surface area contributed by atoms with Crippen molar-refractivity contribution in [3.8, 4) is 5.75 Å². The standard InChI is InChI=1S/C22H26N4OS/c1-14-11-18-19(12-15(14)2)24-21(23-18)16-7-6-10-26(13-16)22(28)25-17-8-4-5-9-20(17)27-3/h4-5,8-9,11-12,16H,6-7,10,13H2,1-3H3,(H,23,24)(H,25,28)/t16-/m1/s1. The zero-order valence-corrected chi connectivity index (χ0v) is 17.4. The fraction of sp³-hybridized carbons (Fsp3) is 0.364. The van der Waals surface area contributed by atoms with Gasteiger partial charge in [0, 0.05) is 19.0 Å². The molecule has 1 aliphatic rings. The highest BCUT2D eigenvalue weighted by atomic mass is 32.1. The van der Waals surface area contributed by atoms with Crippen LogP contribution in [0, 0.1) is 13.8 Å². The van der Waals surface area contributed by atoms with Gasteiger partial charge in [-0.1, -0.05) is 12.1 Å². The molecule has 146 valence electrons. The Morgan fingerprint density at radius 1 is 1.25 bits per heavy atom. The Morgan fingerprint density at radius 3 is 2.86 bits per heavy atom. The number of hydrogen-bond donors (Lipinski definition) is 2. The number of aryl methyl sites for hydroxylation is 2. The lowest BCUT2D eigenvalue weighted by molar-refractivity contribution is 0.306. The second-order valence-corrected chi connectivity index (χ2v) is 7.88. The maximum absolute atomic E-state index is 5.69. The molecule has 1 aliphatic heterocycles. The van der Waals surface area contributed by atoms with Gasteiger partial charge in [0.25, 0.3) is 0 Å². The third kappa shape index (κ3) is 3.69. The zero-order chi connectivity index (χ0) is 19.7. The van der Waals surface area contributed by atoms with Gasteiger partial charge in [0.2, 0.25) is 0 Å². The molecule has 1 atom stereocenters. The first kappa shape index (κ1) is 18.7. The SMILES string of the molecule is COc1ccccc1NC(=S)N1CCC[C@@H](c2nc3cc(C)c(C)cc3[nH]2)C1. The summed E-state index contributed by atoms with van der Waals surface area (Å²) in [4.78, 5) is 10.7. The van der Waals surface area contributed by atoms with Gasteiger partial charge in [-0.2, -0.15) is 0 Å². The molecule has 0 saturated carbocycles. The number of methoxy groups -OCH3 is 1. The van der Waals surface area contributed by atoms with E-state index in [0.717, 1.165) is 59.3 Å². The van der Waals surface area contributed by atoms with E-state index in [4.69, 9.17) is 21.9 Å². The van der Waals surface area contributed by atoms with Crippen molar-refractivity contribution in [2.24, 2.45) is 0 Å². The quantitative estimate of drug-likeness (QED) is 0.627. The lowest BCUT2D eigenvalue weighted by Gasteiger charge is -2.34. The number of nitrogens with one attached hydrogen (secondary N) is 2. The van der Waals surface area contributed by atoms with Crippen LogP contribution in [0.15, 0.2) is 36.4 Å². The summed E-state index contributed by atoms with van der Waals surface area (Å²) in [5.41, 5.74) is 5.62. The molecular weight excluding hydrogens is 368 g/mol. The lowest BCUT2D eigenvalue weighted by atomic mass is 9.98. The lowest BCUT2D eigenvalue weighted by Crippen LogP contribution is -2.41. The third-order valence-electron chi connectivity index (χ3n) is 5.56. The van der Waals surface area contributed by atoms with E-state index in [2.05, 4.69) is 41.2 Å². The van der Waals surface area contributed by atoms with Gasteiger partial charge in [0.15, 0.2) is 5.11 Å². The minimum absolute atomic E-state index is 0.346. The molecule has 0 unspecified atom stereocenters. The predicted octanol–water partition coefficient (Wildman–Crippen LogP) is 4.76. The van der Waals surface area contributed by atoms with E-state index < -0.39 is 0 Å². The number of piperidine rings is 1. The fourth-order valence-electron chi connectivity index (χ4n) is 3.81. The Labute approximate surface area is 171 Å². The number of hydrogen-bond acceptors (Lipinski definition) is 3. The number of ether oxygens (including phenoxy) is 1. The highest BCUT2D eigenvalue weighted by Gasteiger charge is 2.25. The first-order valence-electron chi connectivity index (χ1n) is 9.71. The summed E-state index contributed by atoms with van der Waals surface area (Å²) in [6.45, 7) is 6.09. The largest absolute Gasteiger partial charge is 0.495 e. The summed E-state index contributed by atoms with van der Waals surface area (Å²) >= 11 is 5.69. The molecule has 0 spiro atoms. The first-order valence-corrected chi connectivity index (χ1v) is 10.1. The van der Waals surface area contributed by atoms with Crippen LogP contribution >= 0.6 is 12.2 Å². The molecule has 0 radical (unpaired) electrons. The van der Waals surface area contributed by atoms with Crippen molar-refractivity contribution in [2.45, 2.75) is 32.6 Å². The molecule has 2 heterocycles. The molecule has 28 heavy (non-hydrogen) atoms. The van der Waals surface area contributed by atoms with Crippen LogP contribution in [0.5, 0.6) is 5.75 Å². The topological polar surface area (TPSA) is 53.2 Å². The Hall–Kier alpha value is -2.60. The highest BCUT2D eigenvalue weighted by Crippen LogP contribution is 2.29. The molecule has 4 rings (SSSR count). The van der Waals surface area contributed by atoms with Crippen LogP contribution in [0.1, 0.15) is 35.7 Å². The van der Waals surface area contributed by atoms with Crippen molar-refractivity contribution in [3.63, 3.8) is 0 Å². The third-order valence-corrected chi connectivity index (χ3v) is 5.92. The first-order chi connectivity index (χ1) is 13.5. The van der Waals surface area contributed by atoms with Crippen molar-refractivity contribution in [1.29, 1.82) is 0 Å². The van der Waals surface area contributed by atoms with Gasteiger partial charge >= 0.3 is 0 Å². The molecule has 5 nitrogen and oxygen atoms in total. The van der Waals surface area contributed by atoms with Gasteiger partial charge in [-0.3, -0.25) is 0 Å². The van der Waals surface area contributed by atoms with Gasteiger partial charge in [-0.25, -0.2) is 4.98 Å². The van der Waals surface area contributed by atoms with E-state index in [1.807, 2.05) is 24.3 Å². The van der Waals surface area contributed by atoms with Gasteiger partial charge < -0.3 is 19.9 Å². The highest BCUT2D eigenvalue weighted by molar-refractivity contribution is 7.80. The number of rotatable bonds is 3. The predicted molar refractivity (Wildman–Crippen MR) is 118 cm³/mol. The van der Waals surface area contributed by atoms with E-state index in [-0.39, 0.29) is 0 Å². The van der Waals surface area contributed by atoms with Gasteiger partial charge in [-0.15, -0.1) is 0 Å². The molecule has 3 aromatic rings. The number of likely N-dealkylation sites (tertiary alicyclic amines) is 1. The van der Waals surface area contributed by atoms with Crippen molar-refractivity contribution in [2.75, 3.05) is 25.5 Å². The van der Waals surface area contributed by atoms with Gasteiger partial charge in [0.05, 0.1) is 23.8 Å². The second kappa shape index (κ2) is 7.80. The summed E-state index contributed by atoms with van der Waals surface area (Å²) < 4.78 is 5.42. The monoisotopic (exact) mass is 394 g/mol. The molecular formula is C22H26N4OS. The molecule has 1 saturated heterocycles. The van der Waals surface area contributed by atoms with E-state index in [9.17, 15) is 0 Å². The van der Waals surface area contributed by atoms with Gasteiger partial charge in [0.1, 0.15) is 11.6 Å². The summed E-state index contributed by atoms with van der Waals surface area (Å²) in [6.07, 6.45) is 2.21. The Balaban J connectivity index is 1.50. The number of H-pyrrole nitrogens is 1. The molecule has 0 bridgehead atoms. The van der Waals surface area contributed by atoms with Crippen molar-refractivity contribution in [1.82, 2.24) is 14.9 Å². The van der Waals surface area contributed by atoms with Crippen molar-refractivity contribution >= 4 is 34.1 Å². The van der Waals surface area contributed by atoms with Crippen LogP contribution in [0.4, 0.5) is 5.69 Å². The Kier molecular flexibility index (Phi) is 5.22. The number of imidazole rings is 1. The smallest absolute Gasteiger partial charge is 0.173 e. The number of aromatic nitrogens is 2. The van der Waals surface area contributed by atoms with Crippen LogP contribution in [0.2, 0.25) is 0 Å². The summed E-state index contributed by atoms with van der Waals surface area (Å²) in [5.74, 6) is 2.20. The summed E-state index contributed by atoms with van der Waals surface area (Å²) in [5, 5.41) is 4.08. The molecule has 0 aliphatic carbocycles. The van der Waals surface area contributed by atoms with Crippen LogP contribution < -0.4 is 10.1 Å². The maximum Gasteiger partial charge on any atom is 0.173 e. The zero-order valence-electron chi connectivity index (χ0n) is 16.6. The molecule has 2 N–H and O–H groups in total. The van der Waals surface area contributed by atoms with Crippen LogP contribution in [-0.2, 0) is 0 Å². The van der Waals surface area contributed by atoms with E-state index in [0.29, 0.717) is 5.92 Å². The van der Waals surface area contributed by atoms with Gasteiger partial charge in [-0.05, 0) is 74.3 Å². The molecule has 6 heteroatoms. The maximum atomic E-state index is 5.69. The number of nitrogens with zero attached hydrogens (tertiary/aromatic N) is 2. The van der Waals surface area contributed by atoms with Crippen molar-refractivity contribution in [3.05, 3.63) is 53.3 Å². The average Bonchev–Trinajstić information content (AvgIpc) is 3.11. The minimum atomic E-state index is 0.346. The molecule has 2 aromatic carbocycles. The second-order valence-electron chi connectivity index (χ2n) is 7.49. The number of thiocarbonyl (C=S) groups is 1.